The lowest BCUT2D eigenvalue weighted by atomic mass is 10.2. The van der Waals surface area contributed by atoms with Gasteiger partial charge in [-0.1, -0.05) is 11.8 Å². The molecule has 136 valence electrons. The summed E-state index contributed by atoms with van der Waals surface area (Å²) in [5, 5.41) is 13.6. The van der Waals surface area contributed by atoms with Crippen LogP contribution in [-0.2, 0) is 14.6 Å². The maximum Gasteiger partial charge on any atom is 0.407 e. The van der Waals surface area contributed by atoms with Gasteiger partial charge in [-0.15, -0.1) is 0 Å². The van der Waals surface area contributed by atoms with E-state index in [-0.39, 0.29) is 29.1 Å². The number of benzene rings is 1. The van der Waals surface area contributed by atoms with Crippen LogP contribution < -0.4 is 5.32 Å². The highest BCUT2D eigenvalue weighted by molar-refractivity contribution is 7.90. The molecule has 0 saturated heterocycles. The van der Waals surface area contributed by atoms with E-state index in [2.05, 4.69) is 17.2 Å². The smallest absolute Gasteiger partial charge is 0.407 e. The molecular formula is C16H20N2O6S. The van der Waals surface area contributed by atoms with Crippen molar-refractivity contribution < 1.29 is 22.9 Å². The van der Waals surface area contributed by atoms with Gasteiger partial charge < -0.3 is 10.1 Å². The number of ether oxygens (including phenoxy) is 1. The zero-order valence-corrected chi connectivity index (χ0v) is 15.3. The second-order valence-electron chi connectivity index (χ2n) is 6.19. The molecule has 0 saturated carbocycles. The lowest BCUT2D eigenvalue weighted by Gasteiger charge is -2.19. The predicted octanol–water partition coefficient (Wildman–Crippen LogP) is 2.26. The normalized spacial score (nSPS) is 11.2. The number of hydrogen-bond donors (Lipinski definition) is 1. The van der Waals surface area contributed by atoms with Crippen LogP contribution in [-0.4, -0.2) is 37.8 Å². The molecule has 0 radical (unpaired) electrons. The summed E-state index contributed by atoms with van der Waals surface area (Å²) in [6.45, 7) is 5.44. The van der Waals surface area contributed by atoms with E-state index >= 15 is 0 Å². The van der Waals surface area contributed by atoms with Gasteiger partial charge in [0.25, 0.3) is 5.69 Å². The number of nitro benzene ring substituents is 1. The molecule has 0 aliphatic carbocycles. The number of carbonyl (C=O) groups excluding carboxylic acids is 1. The molecule has 0 aliphatic rings. The fourth-order valence-corrected chi connectivity index (χ4v) is 2.34. The van der Waals surface area contributed by atoms with Crippen LogP contribution in [0.4, 0.5) is 10.5 Å². The van der Waals surface area contributed by atoms with E-state index in [9.17, 15) is 23.3 Å². The summed E-state index contributed by atoms with van der Waals surface area (Å²) in [6.07, 6.45) is 0.655. The Labute approximate surface area is 146 Å². The summed E-state index contributed by atoms with van der Waals surface area (Å²) >= 11 is 0. The van der Waals surface area contributed by atoms with Crippen LogP contribution in [0.1, 0.15) is 32.8 Å². The van der Waals surface area contributed by atoms with Gasteiger partial charge in [0.2, 0.25) is 0 Å². The number of amides is 1. The molecule has 0 atom stereocenters. The third kappa shape index (κ3) is 7.22. The molecule has 1 N–H and O–H groups in total. The van der Waals surface area contributed by atoms with E-state index in [0.717, 1.165) is 12.3 Å². The average molecular weight is 368 g/mol. The third-order valence-corrected chi connectivity index (χ3v) is 3.85. The maximum atomic E-state index is 11.5. The molecule has 25 heavy (non-hydrogen) atoms. The van der Waals surface area contributed by atoms with E-state index in [1.165, 1.54) is 12.1 Å². The minimum atomic E-state index is -3.54. The van der Waals surface area contributed by atoms with Gasteiger partial charge in [-0.2, -0.15) is 0 Å². The summed E-state index contributed by atoms with van der Waals surface area (Å²) < 4.78 is 28.0. The highest BCUT2D eigenvalue weighted by Crippen LogP contribution is 2.22. The number of hydrogen-bond acceptors (Lipinski definition) is 6. The minimum absolute atomic E-state index is 0.106. The third-order valence-electron chi connectivity index (χ3n) is 2.74. The van der Waals surface area contributed by atoms with Crippen molar-refractivity contribution in [2.24, 2.45) is 0 Å². The maximum absolute atomic E-state index is 11.5. The van der Waals surface area contributed by atoms with Crippen molar-refractivity contribution in [2.45, 2.75) is 37.7 Å². The van der Waals surface area contributed by atoms with Crippen molar-refractivity contribution in [3.63, 3.8) is 0 Å². The molecule has 0 spiro atoms. The number of carbonyl (C=O) groups is 1. The van der Waals surface area contributed by atoms with Crippen molar-refractivity contribution in [3.8, 4) is 11.8 Å². The molecule has 9 heteroatoms. The predicted molar refractivity (Wildman–Crippen MR) is 91.9 cm³/mol. The van der Waals surface area contributed by atoms with E-state index in [1.54, 1.807) is 20.8 Å². The lowest BCUT2D eigenvalue weighted by Crippen LogP contribution is -2.32. The highest BCUT2D eigenvalue weighted by atomic mass is 32.2. The molecule has 0 unspecified atom stereocenters. The number of nitro groups is 1. The van der Waals surface area contributed by atoms with Gasteiger partial charge in [-0.3, -0.25) is 10.1 Å². The number of nitrogens with one attached hydrogen (secondary N) is 1. The van der Waals surface area contributed by atoms with Gasteiger partial charge in [0, 0.05) is 25.3 Å². The standard InChI is InChI=1S/C16H20N2O6S/c1-16(2,3)24-15(19)17-10-6-5-7-12-8-9-13(25(4,22)23)11-14(12)18(20)21/h8-9,11H,6,10H2,1-4H3,(H,17,19). The first-order valence-electron chi connectivity index (χ1n) is 7.34. The Morgan fingerprint density at radius 3 is 2.52 bits per heavy atom. The Kier molecular flexibility index (Phi) is 6.53. The second-order valence-corrected chi connectivity index (χ2v) is 8.20. The van der Waals surface area contributed by atoms with Crippen LogP contribution in [0, 0.1) is 22.0 Å². The molecule has 0 bridgehead atoms. The van der Waals surface area contributed by atoms with Crippen LogP contribution in [0.3, 0.4) is 0 Å². The van der Waals surface area contributed by atoms with Crippen LogP contribution in [0.5, 0.6) is 0 Å². The van der Waals surface area contributed by atoms with Gasteiger partial charge in [0.05, 0.1) is 9.82 Å². The van der Waals surface area contributed by atoms with Gasteiger partial charge in [-0.25, -0.2) is 13.2 Å². The van der Waals surface area contributed by atoms with Gasteiger partial charge in [0.15, 0.2) is 9.84 Å². The first kappa shape index (κ1) is 20.4. The topological polar surface area (TPSA) is 116 Å². The first-order chi connectivity index (χ1) is 11.4. The molecule has 0 fully saturated rings. The molecule has 0 aromatic heterocycles. The lowest BCUT2D eigenvalue weighted by molar-refractivity contribution is -0.385. The van der Waals surface area contributed by atoms with Crippen LogP contribution in [0.2, 0.25) is 0 Å². The van der Waals surface area contributed by atoms with Crippen molar-refractivity contribution in [1.29, 1.82) is 0 Å². The van der Waals surface area contributed by atoms with Crippen molar-refractivity contribution in [1.82, 2.24) is 5.32 Å². The Balaban J connectivity index is 2.77. The van der Waals surface area contributed by atoms with Gasteiger partial charge in [-0.05, 0) is 32.9 Å². The molecule has 1 aromatic carbocycles. The Morgan fingerprint density at radius 1 is 1.36 bits per heavy atom. The number of nitrogens with zero attached hydrogens (tertiary/aromatic N) is 1. The Bertz CT molecular complexity index is 828. The molecule has 1 aromatic rings. The molecular weight excluding hydrogens is 348 g/mol. The zero-order valence-electron chi connectivity index (χ0n) is 14.5. The summed E-state index contributed by atoms with van der Waals surface area (Å²) in [4.78, 5) is 21.7. The fraction of sp³-hybridized carbons (Fsp3) is 0.438. The van der Waals surface area contributed by atoms with Gasteiger partial charge >= 0.3 is 6.09 Å². The number of alkyl carbamates (subject to hydrolysis) is 1. The van der Waals surface area contributed by atoms with Crippen LogP contribution in [0.15, 0.2) is 23.1 Å². The summed E-state index contributed by atoms with van der Waals surface area (Å²) in [5.41, 5.74) is -0.872. The number of sulfone groups is 1. The largest absolute Gasteiger partial charge is 0.444 e. The van der Waals surface area contributed by atoms with E-state index in [1.807, 2.05) is 0 Å². The van der Waals surface area contributed by atoms with Crippen molar-refractivity contribution in [2.75, 3.05) is 12.8 Å². The molecule has 0 heterocycles. The molecule has 1 amide bonds. The summed E-state index contributed by atoms with van der Waals surface area (Å²) in [7, 11) is -3.54. The molecule has 1 rings (SSSR count). The molecule has 8 nitrogen and oxygen atoms in total. The Hall–Kier alpha value is -2.60. The second kappa shape index (κ2) is 7.98. The quantitative estimate of drug-likeness (QED) is 0.377. The van der Waals surface area contributed by atoms with Crippen molar-refractivity contribution >= 4 is 21.6 Å². The van der Waals surface area contributed by atoms with E-state index in [4.69, 9.17) is 4.74 Å². The zero-order chi connectivity index (χ0) is 19.3. The minimum Gasteiger partial charge on any atom is -0.444 e. The van der Waals surface area contributed by atoms with Crippen LogP contribution >= 0.6 is 0 Å². The Morgan fingerprint density at radius 2 is 2.00 bits per heavy atom. The van der Waals surface area contributed by atoms with E-state index in [0.29, 0.717) is 0 Å². The summed E-state index contributed by atoms with van der Waals surface area (Å²) in [5.74, 6) is 5.32. The summed E-state index contributed by atoms with van der Waals surface area (Å²) in [6, 6.07) is 3.55. The average Bonchev–Trinajstić information content (AvgIpc) is 2.43. The van der Waals surface area contributed by atoms with Crippen molar-refractivity contribution in [3.05, 3.63) is 33.9 Å². The van der Waals surface area contributed by atoms with Crippen LogP contribution in [0.25, 0.3) is 0 Å². The highest BCUT2D eigenvalue weighted by Gasteiger charge is 2.17. The number of rotatable bonds is 4. The first-order valence-corrected chi connectivity index (χ1v) is 9.23. The van der Waals surface area contributed by atoms with E-state index < -0.39 is 26.5 Å². The fourth-order valence-electron chi connectivity index (χ4n) is 1.70. The SMILES string of the molecule is CC(C)(C)OC(=O)NCCC#Cc1ccc(S(C)(=O)=O)cc1[N+](=O)[O-]. The molecule has 0 aliphatic heterocycles. The monoisotopic (exact) mass is 368 g/mol. The van der Waals surface area contributed by atoms with Gasteiger partial charge in [0.1, 0.15) is 11.2 Å².